The molecule has 0 saturated heterocycles. The fourth-order valence-electron chi connectivity index (χ4n) is 3.43. The van der Waals surface area contributed by atoms with E-state index in [0.29, 0.717) is 0 Å². The fourth-order valence-corrected chi connectivity index (χ4v) is 6.03. The van der Waals surface area contributed by atoms with Crippen molar-refractivity contribution in [2.75, 3.05) is 0 Å². The Kier molecular flexibility index (Phi) is 3.29. The summed E-state index contributed by atoms with van der Waals surface area (Å²) < 4.78 is 0. The Morgan fingerprint density at radius 2 is 0.957 bits per heavy atom. The van der Waals surface area contributed by atoms with E-state index < -0.39 is 8.32 Å². The van der Waals surface area contributed by atoms with Crippen LogP contribution in [0.25, 0.3) is 21.5 Å². The van der Waals surface area contributed by atoms with E-state index in [1.807, 2.05) is 55.1 Å². The van der Waals surface area contributed by atoms with Crippen molar-refractivity contribution in [2.24, 2.45) is 0 Å². The lowest BCUT2D eigenvalue weighted by Gasteiger charge is -2.22. The first kappa shape index (κ1) is 14.2. The molecule has 0 N–H and O–H groups in total. The first-order chi connectivity index (χ1) is 11.2. The standard InChI is InChI=1S/C21H17OSi/c1-23(22,20-14-6-10-16-8-2-4-12-18(16)20)21-15-7-11-17-9-3-5-13-19(17)21/h2-15H,1H3. The van der Waals surface area contributed by atoms with Gasteiger partial charge in [-0.1, -0.05) is 84.9 Å². The van der Waals surface area contributed by atoms with Gasteiger partial charge < -0.3 is 0 Å². The summed E-state index contributed by atoms with van der Waals surface area (Å²) in [5.74, 6) is 0. The molecule has 0 atom stereocenters. The minimum Gasteiger partial charge on any atom is -0.286 e. The zero-order chi connectivity index (χ0) is 15.9. The van der Waals surface area contributed by atoms with Gasteiger partial charge in [0.15, 0.2) is 0 Å². The predicted octanol–water partition coefficient (Wildman–Crippen LogP) is 4.11. The van der Waals surface area contributed by atoms with Gasteiger partial charge in [-0.05, 0) is 38.5 Å². The zero-order valence-corrected chi connectivity index (χ0v) is 14.0. The van der Waals surface area contributed by atoms with Gasteiger partial charge in [0.1, 0.15) is 0 Å². The molecule has 0 unspecified atom stereocenters. The Bertz CT molecular complexity index is 913. The molecule has 2 heteroatoms. The summed E-state index contributed by atoms with van der Waals surface area (Å²) in [4.78, 5) is 13.9. The molecule has 111 valence electrons. The van der Waals surface area contributed by atoms with E-state index in [1.165, 1.54) is 0 Å². The summed E-state index contributed by atoms with van der Waals surface area (Å²) in [6, 6.07) is 28.6. The molecule has 0 aliphatic carbocycles. The average molecular weight is 313 g/mol. The first-order valence-corrected chi connectivity index (χ1v) is 10.3. The van der Waals surface area contributed by atoms with Crippen molar-refractivity contribution < 1.29 is 4.80 Å². The van der Waals surface area contributed by atoms with Crippen LogP contribution in [-0.4, -0.2) is 8.32 Å². The summed E-state index contributed by atoms with van der Waals surface area (Å²) in [5, 5.41) is 6.39. The van der Waals surface area contributed by atoms with Gasteiger partial charge in [0.05, 0.1) is 0 Å². The largest absolute Gasteiger partial charge is 0.297 e. The highest BCUT2D eigenvalue weighted by Gasteiger charge is 2.35. The van der Waals surface area contributed by atoms with Crippen molar-refractivity contribution in [1.82, 2.24) is 0 Å². The van der Waals surface area contributed by atoms with Crippen LogP contribution in [0.1, 0.15) is 0 Å². The molecule has 0 fully saturated rings. The summed E-state index contributed by atoms with van der Waals surface area (Å²) >= 11 is 0. The maximum atomic E-state index is 13.9. The summed E-state index contributed by atoms with van der Waals surface area (Å²) in [7, 11) is -3.03. The molecule has 0 amide bonds. The Balaban J connectivity index is 2.02. The average Bonchev–Trinajstić information content (AvgIpc) is 2.60. The van der Waals surface area contributed by atoms with Crippen LogP contribution in [0.2, 0.25) is 6.55 Å². The number of fused-ring (bicyclic) bond motifs is 2. The quantitative estimate of drug-likeness (QED) is 0.496. The lowest BCUT2D eigenvalue weighted by Crippen LogP contribution is -2.55. The van der Waals surface area contributed by atoms with E-state index in [0.717, 1.165) is 31.9 Å². The second kappa shape index (κ2) is 5.34. The molecular weight excluding hydrogens is 296 g/mol. The van der Waals surface area contributed by atoms with Crippen LogP contribution in [-0.2, 0) is 4.80 Å². The van der Waals surface area contributed by atoms with Crippen molar-refractivity contribution in [3.05, 3.63) is 84.9 Å². The van der Waals surface area contributed by atoms with Crippen LogP contribution >= 0.6 is 0 Å². The highest BCUT2D eigenvalue weighted by atomic mass is 28.4. The van der Waals surface area contributed by atoms with Crippen molar-refractivity contribution in [2.45, 2.75) is 6.55 Å². The highest BCUT2D eigenvalue weighted by Crippen LogP contribution is 2.19. The van der Waals surface area contributed by atoms with Gasteiger partial charge in [0.2, 0.25) is 0 Å². The monoisotopic (exact) mass is 313 g/mol. The highest BCUT2D eigenvalue weighted by molar-refractivity contribution is 6.98. The minimum atomic E-state index is -3.03. The molecule has 0 aliphatic heterocycles. The topological polar surface area (TPSA) is 19.9 Å². The SMILES string of the molecule is C[Si]([O])(c1cccc2ccccc12)c1cccc2ccccc12. The number of benzene rings is 4. The van der Waals surface area contributed by atoms with Gasteiger partial charge in [-0.15, -0.1) is 0 Å². The second-order valence-corrected chi connectivity index (χ2v) is 9.23. The van der Waals surface area contributed by atoms with Crippen LogP contribution < -0.4 is 10.4 Å². The molecule has 0 aliphatic rings. The van der Waals surface area contributed by atoms with Gasteiger partial charge in [-0.2, -0.15) is 0 Å². The van der Waals surface area contributed by atoms with Crippen LogP contribution in [0.4, 0.5) is 0 Å². The molecule has 0 bridgehead atoms. The summed E-state index contributed by atoms with van der Waals surface area (Å²) in [6.07, 6.45) is 0. The van der Waals surface area contributed by atoms with E-state index in [2.05, 4.69) is 36.4 Å². The molecule has 0 heterocycles. The number of hydrogen-bond donors (Lipinski definition) is 0. The number of hydrogen-bond acceptors (Lipinski definition) is 0. The van der Waals surface area contributed by atoms with E-state index in [1.54, 1.807) is 0 Å². The van der Waals surface area contributed by atoms with Gasteiger partial charge >= 0.3 is 0 Å². The second-order valence-electron chi connectivity index (χ2n) is 6.09. The van der Waals surface area contributed by atoms with Crippen molar-refractivity contribution in [3.8, 4) is 0 Å². The van der Waals surface area contributed by atoms with Gasteiger partial charge in [0, 0.05) is 0 Å². The third-order valence-corrected chi connectivity index (χ3v) is 7.54. The molecule has 0 aromatic heterocycles. The van der Waals surface area contributed by atoms with Crippen molar-refractivity contribution >= 4 is 40.2 Å². The van der Waals surface area contributed by atoms with E-state index in [-0.39, 0.29) is 0 Å². The summed E-state index contributed by atoms with van der Waals surface area (Å²) in [6.45, 7) is 1.91. The number of rotatable bonds is 2. The molecule has 1 nitrogen and oxygen atoms in total. The molecule has 23 heavy (non-hydrogen) atoms. The Labute approximate surface area is 137 Å². The van der Waals surface area contributed by atoms with Crippen molar-refractivity contribution in [1.29, 1.82) is 0 Å². The molecule has 0 spiro atoms. The fraction of sp³-hybridized carbons (Fsp3) is 0.0476. The van der Waals surface area contributed by atoms with E-state index in [9.17, 15) is 4.80 Å². The first-order valence-electron chi connectivity index (χ1n) is 7.85. The van der Waals surface area contributed by atoms with E-state index in [4.69, 9.17) is 0 Å². The van der Waals surface area contributed by atoms with Crippen LogP contribution in [0.3, 0.4) is 0 Å². The zero-order valence-electron chi connectivity index (χ0n) is 13.0. The van der Waals surface area contributed by atoms with Gasteiger partial charge in [-0.3, -0.25) is 4.80 Å². The van der Waals surface area contributed by atoms with Gasteiger partial charge in [0.25, 0.3) is 8.32 Å². The molecule has 0 saturated carbocycles. The Morgan fingerprint density at radius 3 is 1.43 bits per heavy atom. The van der Waals surface area contributed by atoms with Crippen LogP contribution in [0.15, 0.2) is 84.9 Å². The third kappa shape index (κ3) is 2.27. The lowest BCUT2D eigenvalue weighted by molar-refractivity contribution is 0.450. The molecule has 4 aromatic rings. The Hall–Kier alpha value is -2.42. The molecular formula is C21H17OSi. The molecule has 4 aromatic carbocycles. The maximum absolute atomic E-state index is 13.9. The van der Waals surface area contributed by atoms with Gasteiger partial charge in [-0.25, -0.2) is 0 Å². The molecule has 1 radical (unpaired) electrons. The van der Waals surface area contributed by atoms with E-state index >= 15 is 0 Å². The Morgan fingerprint density at radius 1 is 0.565 bits per heavy atom. The van der Waals surface area contributed by atoms with Crippen molar-refractivity contribution in [3.63, 3.8) is 0 Å². The predicted molar refractivity (Wildman–Crippen MR) is 99.5 cm³/mol. The summed E-state index contributed by atoms with van der Waals surface area (Å²) in [5.41, 5.74) is 0. The third-order valence-electron chi connectivity index (χ3n) is 4.61. The normalized spacial score (nSPS) is 11.9. The van der Waals surface area contributed by atoms with Crippen LogP contribution in [0.5, 0.6) is 0 Å². The maximum Gasteiger partial charge on any atom is 0.297 e. The minimum absolute atomic E-state index is 0.965. The van der Waals surface area contributed by atoms with Crippen LogP contribution in [0, 0.1) is 0 Å². The lowest BCUT2D eigenvalue weighted by atomic mass is 10.1. The smallest absolute Gasteiger partial charge is 0.286 e. The molecule has 4 rings (SSSR count).